The van der Waals surface area contributed by atoms with E-state index in [1.165, 1.54) is 63.7 Å². The van der Waals surface area contributed by atoms with E-state index in [4.69, 9.17) is 0 Å². The monoisotopic (exact) mass is 559 g/mol. The standard InChI is InChI=1S/C21H24F3N7O4S2/c1-30(2)37(34,35)16-9-7-15(8-10-16)28-20-27-13-17(21(22,23)24)18(29-20)26-12-14-6-5-11-25-19(14)31(3)36(4,32)33/h5-11,13H,12H2,1-4H3,(H2,26,27,28,29). The van der Waals surface area contributed by atoms with Gasteiger partial charge in [0.25, 0.3) is 0 Å². The summed E-state index contributed by atoms with van der Waals surface area (Å²) < 4.78 is 91.1. The average molecular weight is 560 g/mol. The summed E-state index contributed by atoms with van der Waals surface area (Å²) in [5, 5.41) is 5.33. The molecule has 3 rings (SSSR count). The molecule has 0 amide bonds. The molecule has 0 atom stereocenters. The molecule has 0 spiro atoms. The van der Waals surface area contributed by atoms with Crippen molar-refractivity contribution in [3.05, 3.63) is 59.9 Å². The van der Waals surface area contributed by atoms with E-state index in [9.17, 15) is 30.0 Å². The first-order valence-electron chi connectivity index (χ1n) is 10.5. The fourth-order valence-electron chi connectivity index (χ4n) is 3.02. The highest BCUT2D eigenvalue weighted by Crippen LogP contribution is 2.34. The lowest BCUT2D eigenvalue weighted by Gasteiger charge is -2.20. The van der Waals surface area contributed by atoms with Crippen LogP contribution in [-0.4, -0.2) is 63.5 Å². The van der Waals surface area contributed by atoms with Crippen LogP contribution < -0.4 is 14.9 Å². The van der Waals surface area contributed by atoms with Crippen LogP contribution in [0.1, 0.15) is 11.1 Å². The average Bonchev–Trinajstić information content (AvgIpc) is 2.81. The van der Waals surface area contributed by atoms with Gasteiger partial charge in [-0.1, -0.05) is 6.07 Å². The quantitative estimate of drug-likeness (QED) is 0.405. The number of nitrogens with zero attached hydrogens (tertiary/aromatic N) is 5. The fraction of sp³-hybridized carbons (Fsp3) is 0.286. The highest BCUT2D eigenvalue weighted by Gasteiger charge is 2.35. The molecule has 0 aliphatic carbocycles. The van der Waals surface area contributed by atoms with Gasteiger partial charge in [0, 0.05) is 51.3 Å². The first-order valence-corrected chi connectivity index (χ1v) is 13.7. The molecule has 0 aliphatic heterocycles. The van der Waals surface area contributed by atoms with Crippen LogP contribution in [0, 0.1) is 0 Å². The fourth-order valence-corrected chi connectivity index (χ4v) is 4.40. The predicted octanol–water partition coefficient (Wildman–Crippen LogP) is 2.89. The van der Waals surface area contributed by atoms with Crippen molar-refractivity contribution in [2.45, 2.75) is 17.6 Å². The molecule has 0 bridgehead atoms. The molecule has 16 heteroatoms. The summed E-state index contributed by atoms with van der Waals surface area (Å²) in [6.07, 6.45) is -1.82. The van der Waals surface area contributed by atoms with Crippen LogP contribution >= 0.6 is 0 Å². The van der Waals surface area contributed by atoms with Gasteiger partial charge in [-0.15, -0.1) is 0 Å². The molecule has 0 radical (unpaired) electrons. The Morgan fingerprint density at radius 1 is 0.973 bits per heavy atom. The van der Waals surface area contributed by atoms with Gasteiger partial charge in [0.15, 0.2) is 0 Å². The van der Waals surface area contributed by atoms with Gasteiger partial charge in [0.2, 0.25) is 26.0 Å². The number of rotatable bonds is 9. The minimum atomic E-state index is -4.77. The van der Waals surface area contributed by atoms with Crippen LogP contribution in [0.2, 0.25) is 0 Å². The molecule has 0 aliphatic rings. The van der Waals surface area contributed by atoms with Crippen LogP contribution in [0.4, 0.5) is 36.4 Å². The lowest BCUT2D eigenvalue weighted by Crippen LogP contribution is -2.27. The number of benzene rings is 1. The molecule has 3 aromatic rings. The molecular weight excluding hydrogens is 535 g/mol. The molecule has 2 heterocycles. The number of nitrogens with one attached hydrogen (secondary N) is 2. The highest BCUT2D eigenvalue weighted by atomic mass is 32.2. The third kappa shape index (κ3) is 6.64. The van der Waals surface area contributed by atoms with Crippen LogP contribution in [0.25, 0.3) is 0 Å². The second-order valence-corrected chi connectivity index (χ2v) is 12.1. The summed E-state index contributed by atoms with van der Waals surface area (Å²) in [5.41, 5.74) is -0.477. The third-order valence-electron chi connectivity index (χ3n) is 5.09. The van der Waals surface area contributed by atoms with E-state index in [2.05, 4.69) is 25.6 Å². The third-order valence-corrected chi connectivity index (χ3v) is 8.09. The second-order valence-electron chi connectivity index (χ2n) is 7.96. The number of aromatic nitrogens is 3. The Kier molecular flexibility index (Phi) is 7.94. The van der Waals surface area contributed by atoms with Gasteiger partial charge in [-0.3, -0.25) is 4.31 Å². The zero-order chi connectivity index (χ0) is 27.6. The zero-order valence-corrected chi connectivity index (χ0v) is 21.8. The van der Waals surface area contributed by atoms with Crippen LogP contribution in [0.15, 0.2) is 53.7 Å². The van der Waals surface area contributed by atoms with Gasteiger partial charge in [0.05, 0.1) is 11.2 Å². The van der Waals surface area contributed by atoms with Crippen molar-refractivity contribution in [2.24, 2.45) is 0 Å². The predicted molar refractivity (Wildman–Crippen MR) is 132 cm³/mol. The van der Waals surface area contributed by atoms with Gasteiger partial charge in [-0.25, -0.2) is 31.1 Å². The highest BCUT2D eigenvalue weighted by molar-refractivity contribution is 7.92. The lowest BCUT2D eigenvalue weighted by molar-refractivity contribution is -0.137. The molecular formula is C21H24F3N7O4S2. The molecule has 37 heavy (non-hydrogen) atoms. The van der Waals surface area contributed by atoms with Crippen molar-refractivity contribution in [2.75, 3.05) is 42.3 Å². The summed E-state index contributed by atoms with van der Waals surface area (Å²) in [7, 11) is -3.26. The van der Waals surface area contributed by atoms with Gasteiger partial charge in [-0.2, -0.15) is 18.2 Å². The summed E-state index contributed by atoms with van der Waals surface area (Å²) >= 11 is 0. The number of pyridine rings is 1. The van der Waals surface area contributed by atoms with Gasteiger partial charge < -0.3 is 10.6 Å². The molecule has 0 unspecified atom stereocenters. The minimum Gasteiger partial charge on any atom is -0.365 e. The summed E-state index contributed by atoms with van der Waals surface area (Å²) in [6, 6.07) is 8.57. The van der Waals surface area contributed by atoms with E-state index in [1.807, 2.05) is 0 Å². The number of sulfonamides is 2. The van der Waals surface area contributed by atoms with Crippen molar-refractivity contribution in [3.8, 4) is 0 Å². The summed E-state index contributed by atoms with van der Waals surface area (Å²) in [6.45, 7) is -0.223. The Balaban J connectivity index is 1.89. The molecule has 2 aromatic heterocycles. The van der Waals surface area contributed by atoms with Crippen molar-refractivity contribution in [3.63, 3.8) is 0 Å². The Morgan fingerprint density at radius 3 is 2.19 bits per heavy atom. The number of hydrogen-bond acceptors (Lipinski definition) is 9. The van der Waals surface area contributed by atoms with E-state index >= 15 is 0 Å². The van der Waals surface area contributed by atoms with Crippen LogP contribution in [0.5, 0.6) is 0 Å². The molecule has 0 saturated heterocycles. The van der Waals surface area contributed by atoms with Crippen LogP contribution in [-0.2, 0) is 32.8 Å². The largest absolute Gasteiger partial charge is 0.421 e. The topological polar surface area (TPSA) is 137 Å². The van der Waals surface area contributed by atoms with E-state index in [0.29, 0.717) is 17.4 Å². The normalized spacial score (nSPS) is 12.4. The molecule has 200 valence electrons. The van der Waals surface area contributed by atoms with Gasteiger partial charge >= 0.3 is 6.18 Å². The van der Waals surface area contributed by atoms with Crippen LogP contribution in [0.3, 0.4) is 0 Å². The second kappa shape index (κ2) is 10.5. The molecule has 2 N–H and O–H groups in total. The first kappa shape index (κ1) is 28.1. The maximum Gasteiger partial charge on any atom is 0.421 e. The van der Waals surface area contributed by atoms with E-state index in [-0.39, 0.29) is 23.2 Å². The number of halogens is 3. The van der Waals surface area contributed by atoms with Crippen molar-refractivity contribution >= 4 is 43.3 Å². The Bertz CT molecular complexity index is 1480. The summed E-state index contributed by atoms with van der Waals surface area (Å²) in [5.74, 6) is -0.682. The van der Waals surface area contributed by atoms with Crippen molar-refractivity contribution < 1.29 is 30.0 Å². The Labute approximate surface area is 212 Å². The SMILES string of the molecule is CN(c1ncccc1CNc1nc(Nc2ccc(S(=O)(=O)N(C)C)cc2)ncc1C(F)(F)F)S(C)(=O)=O. The number of hydrogen-bond donors (Lipinski definition) is 2. The van der Waals surface area contributed by atoms with Gasteiger partial charge in [0.1, 0.15) is 17.2 Å². The maximum absolute atomic E-state index is 13.6. The minimum absolute atomic E-state index is 0.0325. The molecule has 1 aromatic carbocycles. The van der Waals surface area contributed by atoms with E-state index < -0.39 is 37.6 Å². The lowest BCUT2D eigenvalue weighted by atomic mass is 10.2. The van der Waals surface area contributed by atoms with E-state index in [1.54, 1.807) is 0 Å². The van der Waals surface area contributed by atoms with Crippen molar-refractivity contribution in [1.29, 1.82) is 0 Å². The zero-order valence-electron chi connectivity index (χ0n) is 20.1. The Morgan fingerprint density at radius 2 is 1.62 bits per heavy atom. The molecule has 11 nitrogen and oxygen atoms in total. The molecule has 0 fully saturated rings. The van der Waals surface area contributed by atoms with Crippen molar-refractivity contribution in [1.82, 2.24) is 19.3 Å². The van der Waals surface area contributed by atoms with E-state index in [0.717, 1.165) is 14.9 Å². The molecule has 0 saturated carbocycles. The van der Waals surface area contributed by atoms with Gasteiger partial charge in [-0.05, 0) is 30.3 Å². The summed E-state index contributed by atoms with van der Waals surface area (Å²) in [4.78, 5) is 11.7. The smallest absolute Gasteiger partial charge is 0.365 e. The Hall–Kier alpha value is -3.50. The maximum atomic E-state index is 13.6. The number of alkyl halides is 3. The number of anilines is 4. The first-order chi connectivity index (χ1) is 17.1.